The number of alkyl halides is 3. The molecule has 0 radical (unpaired) electrons. The summed E-state index contributed by atoms with van der Waals surface area (Å²) < 4.78 is 44.1. The number of aromatic nitrogens is 1. The maximum absolute atomic E-state index is 13.4. The molecule has 1 aromatic heterocycles. The van der Waals surface area contributed by atoms with E-state index in [2.05, 4.69) is 35.1 Å². The summed E-state index contributed by atoms with van der Waals surface area (Å²) in [6.07, 6.45) is 0.352. The van der Waals surface area contributed by atoms with E-state index in [9.17, 15) is 18.0 Å². The van der Waals surface area contributed by atoms with Gasteiger partial charge in [-0.15, -0.1) is 0 Å². The van der Waals surface area contributed by atoms with Gasteiger partial charge in [0, 0.05) is 19.3 Å². The van der Waals surface area contributed by atoms with Gasteiger partial charge in [0.2, 0.25) is 5.91 Å². The summed E-state index contributed by atoms with van der Waals surface area (Å²) >= 11 is 0. The Labute approximate surface area is 227 Å². The van der Waals surface area contributed by atoms with Gasteiger partial charge in [-0.25, -0.2) is 9.78 Å². The first kappa shape index (κ1) is 32.3. The molecule has 2 fully saturated rings. The second-order valence-electron chi connectivity index (χ2n) is 9.71. The molecule has 1 aromatic rings. The van der Waals surface area contributed by atoms with Crippen LogP contribution in [0.15, 0.2) is 18.3 Å². The van der Waals surface area contributed by atoms with Gasteiger partial charge < -0.3 is 24.8 Å². The highest BCUT2D eigenvalue weighted by atomic mass is 19.4. The van der Waals surface area contributed by atoms with Crippen LogP contribution in [0, 0.1) is 11.3 Å². The Morgan fingerprint density at radius 3 is 2.54 bits per heavy atom. The standard InChI is InChI=1S/C24H37N5O3.C2HF3O2/c1-4-10-28(11-5-2)19(3)23(30)29-12-13-31-18-24(17-29)9-8-21(32-24)16-27-22-7-6-20(14-25)15-26-22;3-2(4,5)1(6)7/h6-7,15,19,21H,4-5,8-13,16-18H2,1-3H3,(H,26,27);(H,6,7)/t19-,21?,24?;/m0./s1. The highest BCUT2D eigenvalue weighted by molar-refractivity contribution is 5.81. The Balaban J connectivity index is 0.000000673. The normalized spacial score (nSPS) is 22.0. The topological polar surface area (TPSA) is 128 Å². The van der Waals surface area contributed by atoms with Gasteiger partial charge in [-0.3, -0.25) is 9.69 Å². The van der Waals surface area contributed by atoms with Crippen LogP contribution in [-0.4, -0.2) is 102 Å². The van der Waals surface area contributed by atoms with Gasteiger partial charge in [-0.1, -0.05) is 13.8 Å². The van der Waals surface area contributed by atoms with Crippen LogP contribution in [0.25, 0.3) is 0 Å². The molecular weight excluding hydrogens is 519 g/mol. The van der Waals surface area contributed by atoms with E-state index in [1.807, 2.05) is 11.8 Å². The third-order valence-electron chi connectivity index (χ3n) is 6.57. The minimum Gasteiger partial charge on any atom is -0.475 e. The van der Waals surface area contributed by atoms with Crippen molar-refractivity contribution in [3.8, 4) is 6.07 Å². The quantitative estimate of drug-likeness (QED) is 0.470. The Morgan fingerprint density at radius 2 is 2.00 bits per heavy atom. The lowest BCUT2D eigenvalue weighted by molar-refractivity contribution is -0.192. The Bertz CT molecular complexity index is 966. The molecule has 1 amide bonds. The smallest absolute Gasteiger partial charge is 0.475 e. The zero-order valence-corrected chi connectivity index (χ0v) is 22.7. The third-order valence-corrected chi connectivity index (χ3v) is 6.57. The molecule has 10 nitrogen and oxygen atoms in total. The Morgan fingerprint density at radius 1 is 1.33 bits per heavy atom. The van der Waals surface area contributed by atoms with E-state index in [1.54, 1.807) is 18.3 Å². The van der Waals surface area contributed by atoms with E-state index < -0.39 is 17.7 Å². The van der Waals surface area contributed by atoms with Gasteiger partial charge in [-0.05, 0) is 57.8 Å². The molecule has 3 atom stereocenters. The first-order valence-electron chi connectivity index (χ1n) is 13.1. The maximum Gasteiger partial charge on any atom is 0.490 e. The summed E-state index contributed by atoms with van der Waals surface area (Å²) in [4.78, 5) is 30.7. The van der Waals surface area contributed by atoms with Crippen LogP contribution in [0.4, 0.5) is 19.0 Å². The van der Waals surface area contributed by atoms with Crippen molar-refractivity contribution < 1.29 is 37.3 Å². The van der Waals surface area contributed by atoms with Gasteiger partial charge in [0.15, 0.2) is 0 Å². The number of aliphatic carboxylic acids is 1. The molecule has 3 heterocycles. The number of carboxylic acid groups (broad SMARTS) is 1. The number of carbonyl (C=O) groups excluding carboxylic acids is 1. The molecule has 0 aromatic carbocycles. The van der Waals surface area contributed by atoms with Crippen LogP contribution >= 0.6 is 0 Å². The van der Waals surface area contributed by atoms with Crippen LogP contribution in [0.5, 0.6) is 0 Å². The summed E-state index contributed by atoms with van der Waals surface area (Å²) in [5, 5.41) is 19.3. The van der Waals surface area contributed by atoms with E-state index >= 15 is 0 Å². The fourth-order valence-electron chi connectivity index (χ4n) is 4.63. The van der Waals surface area contributed by atoms with Crippen molar-refractivity contribution in [2.45, 2.75) is 70.4 Å². The molecule has 0 saturated carbocycles. The number of nitrogens with zero attached hydrogens (tertiary/aromatic N) is 4. The van der Waals surface area contributed by atoms with E-state index in [4.69, 9.17) is 24.6 Å². The molecule has 2 saturated heterocycles. The molecule has 0 aliphatic carbocycles. The average Bonchev–Trinajstić information content (AvgIpc) is 3.18. The molecule has 13 heteroatoms. The molecule has 218 valence electrons. The molecule has 0 bridgehead atoms. The number of hydrogen-bond acceptors (Lipinski definition) is 8. The van der Waals surface area contributed by atoms with Crippen molar-refractivity contribution in [3.63, 3.8) is 0 Å². The Hall–Kier alpha value is -2.95. The highest BCUT2D eigenvalue weighted by Crippen LogP contribution is 2.33. The number of nitrogens with one attached hydrogen (secondary N) is 1. The van der Waals surface area contributed by atoms with Crippen molar-refractivity contribution >= 4 is 17.7 Å². The average molecular weight is 558 g/mol. The van der Waals surface area contributed by atoms with Crippen molar-refractivity contribution in [2.75, 3.05) is 51.3 Å². The number of rotatable bonds is 9. The molecule has 2 N–H and O–H groups in total. The third kappa shape index (κ3) is 9.94. The van der Waals surface area contributed by atoms with Gasteiger partial charge in [0.05, 0.1) is 37.5 Å². The number of anilines is 1. The van der Waals surface area contributed by atoms with Crippen LogP contribution in [0.1, 0.15) is 52.0 Å². The minimum atomic E-state index is -5.08. The molecule has 3 rings (SSSR count). The van der Waals surface area contributed by atoms with Gasteiger partial charge >= 0.3 is 12.1 Å². The Kier molecular flexibility index (Phi) is 12.4. The largest absolute Gasteiger partial charge is 0.490 e. The molecule has 2 unspecified atom stereocenters. The zero-order chi connectivity index (χ0) is 29.1. The number of hydrogen-bond donors (Lipinski definition) is 2. The van der Waals surface area contributed by atoms with E-state index in [-0.39, 0.29) is 18.1 Å². The van der Waals surface area contributed by atoms with Gasteiger partial charge in [-0.2, -0.15) is 18.4 Å². The predicted octanol–water partition coefficient (Wildman–Crippen LogP) is 3.29. The number of ether oxygens (including phenoxy) is 2. The molecular formula is C26H38F3N5O5. The second kappa shape index (κ2) is 15.0. The van der Waals surface area contributed by atoms with Gasteiger partial charge in [0.1, 0.15) is 17.5 Å². The maximum atomic E-state index is 13.4. The lowest BCUT2D eigenvalue weighted by atomic mass is 9.99. The lowest BCUT2D eigenvalue weighted by Gasteiger charge is -2.36. The first-order chi connectivity index (χ1) is 18.4. The number of halogens is 3. The van der Waals surface area contributed by atoms with E-state index in [0.29, 0.717) is 38.4 Å². The second-order valence-corrected chi connectivity index (χ2v) is 9.71. The molecule has 1 spiro atoms. The van der Waals surface area contributed by atoms with E-state index in [1.165, 1.54) is 0 Å². The number of nitriles is 1. The minimum absolute atomic E-state index is 0.0280. The van der Waals surface area contributed by atoms with Crippen LogP contribution in [0.2, 0.25) is 0 Å². The molecule has 2 aliphatic rings. The van der Waals surface area contributed by atoms with Crippen molar-refractivity contribution in [1.29, 1.82) is 5.26 Å². The number of carboxylic acids is 1. The van der Waals surface area contributed by atoms with Crippen LogP contribution < -0.4 is 5.32 Å². The SMILES string of the molecule is CCCN(CCC)[C@@H](C)C(=O)N1CCOCC2(CCC(CNc3ccc(C#N)cn3)O2)C1.O=C(O)C(F)(F)F. The number of pyridine rings is 1. The first-order valence-corrected chi connectivity index (χ1v) is 13.1. The van der Waals surface area contributed by atoms with Crippen LogP contribution in [-0.2, 0) is 19.1 Å². The highest BCUT2D eigenvalue weighted by Gasteiger charge is 2.44. The monoisotopic (exact) mass is 557 g/mol. The van der Waals surface area contributed by atoms with Crippen molar-refractivity contribution in [1.82, 2.24) is 14.8 Å². The molecule has 2 aliphatic heterocycles. The summed E-state index contributed by atoms with van der Waals surface area (Å²) in [5.41, 5.74) is 0.0917. The number of carbonyl (C=O) groups is 2. The molecule has 39 heavy (non-hydrogen) atoms. The summed E-state index contributed by atoms with van der Waals surface area (Å²) in [6, 6.07) is 5.49. The van der Waals surface area contributed by atoms with Crippen LogP contribution in [0.3, 0.4) is 0 Å². The van der Waals surface area contributed by atoms with E-state index in [0.717, 1.165) is 44.6 Å². The predicted molar refractivity (Wildman–Crippen MR) is 137 cm³/mol. The number of amides is 1. The van der Waals surface area contributed by atoms with Crippen molar-refractivity contribution in [2.24, 2.45) is 0 Å². The van der Waals surface area contributed by atoms with Gasteiger partial charge in [0.25, 0.3) is 0 Å². The summed E-state index contributed by atoms with van der Waals surface area (Å²) in [6.45, 7) is 11.1. The fourth-order valence-corrected chi connectivity index (χ4v) is 4.63. The summed E-state index contributed by atoms with van der Waals surface area (Å²) in [7, 11) is 0. The lowest BCUT2D eigenvalue weighted by Crippen LogP contribution is -2.53. The summed E-state index contributed by atoms with van der Waals surface area (Å²) in [5.74, 6) is -1.86. The van der Waals surface area contributed by atoms with Crippen molar-refractivity contribution in [3.05, 3.63) is 23.9 Å². The zero-order valence-electron chi connectivity index (χ0n) is 22.7. The fraction of sp³-hybridized carbons (Fsp3) is 0.692.